The number of halogens is 1. The lowest BCUT2D eigenvalue weighted by Gasteiger charge is -2.03. The van der Waals surface area contributed by atoms with Gasteiger partial charge in [0.2, 0.25) is 5.43 Å². The van der Waals surface area contributed by atoms with E-state index in [1.54, 1.807) is 36.4 Å². The van der Waals surface area contributed by atoms with Gasteiger partial charge in [0.1, 0.15) is 11.2 Å². The van der Waals surface area contributed by atoms with Crippen molar-refractivity contribution >= 4 is 39.5 Å². The first-order valence-electron chi connectivity index (χ1n) is 5.91. The van der Waals surface area contributed by atoms with Crippen LogP contribution in [0.25, 0.3) is 21.9 Å². The van der Waals surface area contributed by atoms with Crippen LogP contribution < -0.4 is 5.43 Å². The predicted molar refractivity (Wildman–Crippen MR) is 76.3 cm³/mol. The van der Waals surface area contributed by atoms with Crippen LogP contribution in [0.4, 0.5) is 0 Å². The van der Waals surface area contributed by atoms with E-state index in [9.17, 15) is 9.59 Å². The van der Waals surface area contributed by atoms with E-state index in [0.717, 1.165) is 0 Å². The van der Waals surface area contributed by atoms with E-state index >= 15 is 0 Å². The van der Waals surface area contributed by atoms with Gasteiger partial charge in [-0.2, -0.15) is 0 Å². The number of carboxylic acids is 1. The van der Waals surface area contributed by atoms with Crippen LogP contribution in [0.1, 0.15) is 5.56 Å². The Morgan fingerprint density at radius 1 is 1.10 bits per heavy atom. The highest BCUT2D eigenvalue weighted by atomic mass is 35.5. The summed E-state index contributed by atoms with van der Waals surface area (Å²) in [5.74, 6) is -0.943. The fourth-order valence-electron chi connectivity index (χ4n) is 2.16. The molecule has 0 amide bonds. The first kappa shape index (κ1) is 12.7. The lowest BCUT2D eigenvalue weighted by molar-refractivity contribution is -0.136. The van der Waals surface area contributed by atoms with Gasteiger partial charge < -0.3 is 9.52 Å². The summed E-state index contributed by atoms with van der Waals surface area (Å²) in [4.78, 5) is 23.1. The summed E-state index contributed by atoms with van der Waals surface area (Å²) < 4.78 is 5.64. The first-order valence-corrected chi connectivity index (χ1v) is 6.29. The van der Waals surface area contributed by atoms with E-state index < -0.39 is 5.97 Å². The Morgan fingerprint density at radius 2 is 1.90 bits per heavy atom. The number of fused-ring (bicyclic) bond motifs is 2. The monoisotopic (exact) mass is 288 g/mol. The van der Waals surface area contributed by atoms with E-state index in [1.165, 1.54) is 0 Å². The predicted octanol–water partition coefficient (Wildman–Crippen LogP) is 3.23. The summed E-state index contributed by atoms with van der Waals surface area (Å²) in [6, 6.07) is 9.61. The van der Waals surface area contributed by atoms with Crippen molar-refractivity contribution in [3.63, 3.8) is 0 Å². The third-order valence-corrected chi connectivity index (χ3v) is 3.29. The molecule has 100 valence electrons. The zero-order valence-corrected chi connectivity index (χ0v) is 11.0. The van der Waals surface area contributed by atoms with Crippen molar-refractivity contribution in [3.8, 4) is 0 Å². The van der Waals surface area contributed by atoms with Gasteiger partial charge in [-0.1, -0.05) is 17.7 Å². The fraction of sp³-hybridized carbons (Fsp3) is 0.0667. The molecule has 0 saturated carbocycles. The average molecular weight is 289 g/mol. The maximum atomic E-state index is 12.4. The topological polar surface area (TPSA) is 67.5 Å². The van der Waals surface area contributed by atoms with Crippen LogP contribution in [0.15, 0.2) is 45.6 Å². The molecule has 0 unspecified atom stereocenters. The highest BCUT2D eigenvalue weighted by Gasteiger charge is 2.10. The van der Waals surface area contributed by atoms with Gasteiger partial charge in [0.05, 0.1) is 17.2 Å². The minimum Gasteiger partial charge on any atom is -0.481 e. The normalized spacial score (nSPS) is 11.1. The van der Waals surface area contributed by atoms with Crippen LogP contribution in [0.3, 0.4) is 0 Å². The number of hydrogen-bond donors (Lipinski definition) is 1. The van der Waals surface area contributed by atoms with Gasteiger partial charge in [-0.05, 0) is 29.8 Å². The van der Waals surface area contributed by atoms with Crippen LogP contribution in [0, 0.1) is 0 Å². The molecule has 0 atom stereocenters. The van der Waals surface area contributed by atoms with Crippen molar-refractivity contribution < 1.29 is 14.3 Å². The SMILES string of the molecule is O=C(O)Cc1ccc2oc3cc(Cl)ccc3c(=O)c2c1. The molecule has 0 saturated heterocycles. The Kier molecular flexibility index (Phi) is 2.95. The summed E-state index contributed by atoms with van der Waals surface area (Å²) in [7, 11) is 0. The molecule has 0 aliphatic heterocycles. The Balaban J connectivity index is 2.32. The number of hydrogen-bond acceptors (Lipinski definition) is 3. The van der Waals surface area contributed by atoms with Gasteiger partial charge in [-0.15, -0.1) is 0 Å². The highest BCUT2D eigenvalue weighted by Crippen LogP contribution is 2.22. The maximum Gasteiger partial charge on any atom is 0.307 e. The van der Waals surface area contributed by atoms with Gasteiger partial charge in [0, 0.05) is 11.1 Å². The maximum absolute atomic E-state index is 12.4. The standard InChI is InChI=1S/C15H9ClO4/c16-9-2-3-10-13(7-9)20-12-4-1-8(6-14(17)18)5-11(12)15(10)19/h1-5,7H,6H2,(H,17,18). The van der Waals surface area contributed by atoms with Crippen LogP contribution in [0.2, 0.25) is 5.02 Å². The smallest absolute Gasteiger partial charge is 0.307 e. The summed E-state index contributed by atoms with van der Waals surface area (Å²) in [5.41, 5.74) is 1.20. The molecular formula is C15H9ClO4. The molecule has 0 aliphatic carbocycles. The van der Waals surface area contributed by atoms with Crippen molar-refractivity contribution in [2.24, 2.45) is 0 Å². The second-order valence-corrected chi connectivity index (χ2v) is 4.91. The summed E-state index contributed by atoms with van der Waals surface area (Å²) >= 11 is 5.88. The molecule has 5 heteroatoms. The van der Waals surface area contributed by atoms with Gasteiger partial charge in [0.25, 0.3) is 0 Å². The average Bonchev–Trinajstić information content (AvgIpc) is 2.39. The molecule has 1 heterocycles. The summed E-state index contributed by atoms with van der Waals surface area (Å²) in [6.07, 6.45) is -0.131. The van der Waals surface area contributed by atoms with Crippen molar-refractivity contribution in [2.45, 2.75) is 6.42 Å². The molecule has 0 radical (unpaired) electrons. The third kappa shape index (κ3) is 2.14. The number of carboxylic acid groups (broad SMARTS) is 1. The Hall–Kier alpha value is -2.33. The molecular weight excluding hydrogens is 280 g/mol. The Bertz CT molecular complexity index is 895. The molecule has 4 nitrogen and oxygen atoms in total. The third-order valence-electron chi connectivity index (χ3n) is 3.05. The minimum absolute atomic E-state index is 0.131. The van der Waals surface area contributed by atoms with E-state index in [0.29, 0.717) is 32.5 Å². The van der Waals surface area contributed by atoms with E-state index in [1.807, 2.05) is 0 Å². The van der Waals surface area contributed by atoms with Crippen molar-refractivity contribution in [1.82, 2.24) is 0 Å². The molecule has 0 fully saturated rings. The van der Waals surface area contributed by atoms with Crippen LogP contribution >= 0.6 is 11.6 Å². The molecule has 3 rings (SSSR count). The van der Waals surface area contributed by atoms with Crippen molar-refractivity contribution in [2.75, 3.05) is 0 Å². The molecule has 20 heavy (non-hydrogen) atoms. The van der Waals surface area contributed by atoms with E-state index in [2.05, 4.69) is 0 Å². The van der Waals surface area contributed by atoms with E-state index in [4.69, 9.17) is 21.1 Å². The molecule has 2 aromatic carbocycles. The zero-order valence-electron chi connectivity index (χ0n) is 10.2. The molecule has 0 bridgehead atoms. The van der Waals surface area contributed by atoms with Crippen LogP contribution in [-0.2, 0) is 11.2 Å². The van der Waals surface area contributed by atoms with E-state index in [-0.39, 0.29) is 11.8 Å². The quantitative estimate of drug-likeness (QED) is 0.735. The number of aliphatic carboxylic acids is 1. The first-order chi connectivity index (χ1) is 9.54. The lowest BCUT2D eigenvalue weighted by atomic mass is 10.1. The largest absolute Gasteiger partial charge is 0.481 e. The molecule has 3 aromatic rings. The number of benzene rings is 2. The van der Waals surface area contributed by atoms with Gasteiger partial charge >= 0.3 is 5.97 Å². The molecule has 1 N–H and O–H groups in total. The van der Waals surface area contributed by atoms with Crippen LogP contribution in [0.5, 0.6) is 0 Å². The lowest BCUT2D eigenvalue weighted by Crippen LogP contribution is -2.04. The Labute approximate surface area is 118 Å². The highest BCUT2D eigenvalue weighted by molar-refractivity contribution is 6.31. The zero-order chi connectivity index (χ0) is 14.3. The molecule has 0 spiro atoms. The number of rotatable bonds is 2. The minimum atomic E-state index is -0.943. The van der Waals surface area contributed by atoms with Gasteiger partial charge in [-0.25, -0.2) is 0 Å². The van der Waals surface area contributed by atoms with Gasteiger partial charge in [0.15, 0.2) is 0 Å². The van der Waals surface area contributed by atoms with Crippen LogP contribution in [-0.4, -0.2) is 11.1 Å². The second-order valence-electron chi connectivity index (χ2n) is 4.47. The summed E-state index contributed by atoms with van der Waals surface area (Å²) in [5, 5.41) is 10.1. The summed E-state index contributed by atoms with van der Waals surface area (Å²) in [6.45, 7) is 0. The Morgan fingerprint density at radius 3 is 2.65 bits per heavy atom. The second kappa shape index (κ2) is 4.65. The number of carbonyl (C=O) groups is 1. The van der Waals surface area contributed by atoms with Crippen molar-refractivity contribution in [3.05, 3.63) is 57.2 Å². The van der Waals surface area contributed by atoms with Crippen molar-refractivity contribution in [1.29, 1.82) is 0 Å². The molecule has 0 aliphatic rings. The fourth-order valence-corrected chi connectivity index (χ4v) is 2.32. The van der Waals surface area contributed by atoms with Gasteiger partial charge in [-0.3, -0.25) is 9.59 Å². The molecule has 1 aromatic heterocycles.